The average Bonchev–Trinajstić information content (AvgIpc) is 3.55. The van der Waals surface area contributed by atoms with Gasteiger partial charge < -0.3 is 25.9 Å². The van der Waals surface area contributed by atoms with E-state index < -0.39 is 23.5 Å². The third-order valence-electron chi connectivity index (χ3n) is 6.72. The number of phenols is 1. The van der Waals surface area contributed by atoms with Crippen molar-refractivity contribution >= 4 is 35.2 Å². The number of aromatic hydroxyl groups is 1. The molecule has 206 valence electrons. The second-order valence-electron chi connectivity index (χ2n) is 10.8. The second kappa shape index (κ2) is 13.1. The molecule has 1 aromatic carbocycles. The van der Waals surface area contributed by atoms with E-state index in [0.29, 0.717) is 36.8 Å². The van der Waals surface area contributed by atoms with Crippen molar-refractivity contribution in [1.29, 1.82) is 0 Å². The van der Waals surface area contributed by atoms with Crippen molar-refractivity contribution in [2.45, 2.75) is 84.3 Å². The van der Waals surface area contributed by atoms with Gasteiger partial charge in [0.1, 0.15) is 18.1 Å². The summed E-state index contributed by atoms with van der Waals surface area (Å²) in [6.07, 6.45) is 4.08. The molecule has 1 aromatic heterocycles. The fourth-order valence-electron chi connectivity index (χ4n) is 4.58. The molecule has 9 nitrogen and oxygen atoms in total. The number of aromatic nitrogens is 1. The van der Waals surface area contributed by atoms with Crippen LogP contribution in [0.15, 0.2) is 23.7 Å². The van der Waals surface area contributed by atoms with Gasteiger partial charge in [0.05, 0.1) is 28.2 Å². The van der Waals surface area contributed by atoms with Crippen molar-refractivity contribution in [2.24, 2.45) is 5.41 Å². The number of aryl methyl sites for hydroxylation is 1. The Hall–Kier alpha value is -3.11. The molecule has 3 atom stereocenters. The van der Waals surface area contributed by atoms with Gasteiger partial charge in [-0.25, -0.2) is 4.98 Å². The zero-order valence-electron chi connectivity index (χ0n) is 22.5. The molecule has 2 unspecified atom stereocenters. The van der Waals surface area contributed by atoms with Gasteiger partial charge in [-0.15, -0.1) is 11.3 Å². The lowest BCUT2D eigenvalue weighted by atomic mass is 9.80. The Labute approximate surface area is 227 Å². The van der Waals surface area contributed by atoms with E-state index in [2.05, 4.69) is 20.9 Å². The topological polar surface area (TPSA) is 137 Å². The van der Waals surface area contributed by atoms with Crippen molar-refractivity contribution in [2.75, 3.05) is 6.54 Å². The smallest absolute Gasteiger partial charge is 0.237 e. The van der Waals surface area contributed by atoms with Crippen LogP contribution in [0.5, 0.6) is 5.75 Å². The number of hydrogen-bond donors (Lipinski definition) is 4. The van der Waals surface area contributed by atoms with Crippen LogP contribution in [0.25, 0.3) is 10.4 Å². The summed E-state index contributed by atoms with van der Waals surface area (Å²) in [5.41, 5.74) is 2.87. The zero-order chi connectivity index (χ0) is 27.9. The van der Waals surface area contributed by atoms with Crippen LogP contribution >= 0.6 is 11.3 Å². The molecule has 4 N–H and O–H groups in total. The Morgan fingerprint density at radius 1 is 1.24 bits per heavy atom. The van der Waals surface area contributed by atoms with Gasteiger partial charge in [0.2, 0.25) is 11.8 Å². The monoisotopic (exact) mass is 542 g/mol. The van der Waals surface area contributed by atoms with Gasteiger partial charge in [-0.2, -0.15) is 0 Å². The summed E-state index contributed by atoms with van der Waals surface area (Å²) >= 11 is 1.41. The minimum absolute atomic E-state index is 0.0209. The number of amides is 2. The summed E-state index contributed by atoms with van der Waals surface area (Å²) in [5.74, 6) is -0.972. The molecule has 0 aliphatic carbocycles. The lowest BCUT2D eigenvalue weighted by Crippen LogP contribution is -2.54. The summed E-state index contributed by atoms with van der Waals surface area (Å²) in [4.78, 5) is 55.5. The lowest BCUT2D eigenvalue weighted by molar-refractivity contribution is -0.134. The Balaban J connectivity index is 1.91. The highest BCUT2D eigenvalue weighted by atomic mass is 32.1. The number of aldehydes is 1. The Morgan fingerprint density at radius 2 is 2.00 bits per heavy atom. The summed E-state index contributed by atoms with van der Waals surface area (Å²) in [7, 11) is 0. The van der Waals surface area contributed by atoms with Crippen molar-refractivity contribution in [3.8, 4) is 16.2 Å². The summed E-state index contributed by atoms with van der Waals surface area (Å²) < 4.78 is 0. The third kappa shape index (κ3) is 7.48. The van der Waals surface area contributed by atoms with E-state index >= 15 is 0 Å². The highest BCUT2D eigenvalue weighted by Gasteiger charge is 2.39. The van der Waals surface area contributed by atoms with Gasteiger partial charge in [0, 0.05) is 18.4 Å². The van der Waals surface area contributed by atoms with E-state index in [-0.39, 0.29) is 29.8 Å². The van der Waals surface area contributed by atoms with Crippen LogP contribution < -0.4 is 16.0 Å². The maximum Gasteiger partial charge on any atom is 0.237 e. The predicted molar refractivity (Wildman–Crippen MR) is 147 cm³/mol. The van der Waals surface area contributed by atoms with Crippen LogP contribution in [-0.2, 0) is 19.2 Å². The van der Waals surface area contributed by atoms with Crippen molar-refractivity contribution in [3.05, 3.63) is 35.0 Å². The molecule has 38 heavy (non-hydrogen) atoms. The van der Waals surface area contributed by atoms with E-state index in [1.165, 1.54) is 17.4 Å². The van der Waals surface area contributed by atoms with Crippen LogP contribution in [-0.4, -0.2) is 52.6 Å². The maximum absolute atomic E-state index is 14.0. The fraction of sp³-hybridized carbons (Fsp3) is 0.536. The first-order valence-electron chi connectivity index (χ1n) is 13.1. The minimum Gasteiger partial charge on any atom is -0.507 e. The van der Waals surface area contributed by atoms with Gasteiger partial charge in [-0.3, -0.25) is 14.4 Å². The molecule has 1 aliphatic heterocycles. The number of carbonyl (C=O) groups excluding carboxylic acids is 4. The first-order valence-corrected chi connectivity index (χ1v) is 13.9. The highest BCUT2D eigenvalue weighted by Crippen LogP contribution is 2.36. The number of Topliss-reactive ketones (excluding diaryl/α,β-unsaturated/α-hetero) is 1. The highest BCUT2D eigenvalue weighted by molar-refractivity contribution is 7.13. The predicted octanol–water partition coefficient (Wildman–Crippen LogP) is 3.59. The Kier molecular flexibility index (Phi) is 10.2. The number of rotatable bonds is 12. The van der Waals surface area contributed by atoms with Crippen LogP contribution in [0.4, 0.5) is 0 Å². The minimum atomic E-state index is -1.08. The molecule has 0 bridgehead atoms. The van der Waals surface area contributed by atoms with Crippen LogP contribution in [0.1, 0.15) is 76.6 Å². The molecule has 3 rings (SSSR count). The van der Waals surface area contributed by atoms with Crippen molar-refractivity contribution in [3.63, 3.8) is 0 Å². The first-order chi connectivity index (χ1) is 18.0. The van der Waals surface area contributed by atoms with E-state index in [1.807, 2.05) is 27.7 Å². The lowest BCUT2D eigenvalue weighted by Gasteiger charge is -2.34. The molecule has 2 heterocycles. The standard InChI is InChI=1S/C28H38N4O5S/c1-17-25(38-16-30-17)19-12-11-18(15-21(19)34)23(32-27(37)20-9-8-13-29-20)24(36)26(28(2,3)4)31-22(35)10-6-5-7-14-33/h11-12,14-16,20,23,26,29,34H,5-10,13H2,1-4H3,(H,31,35)(H,32,37)/t20?,23?,26-/m1/s1. The normalized spacial score (nSPS) is 17.0. The Bertz CT molecular complexity index is 1150. The number of nitrogens with one attached hydrogen (secondary N) is 3. The molecule has 2 amide bonds. The van der Waals surface area contributed by atoms with Gasteiger partial charge in [-0.1, -0.05) is 26.8 Å². The van der Waals surface area contributed by atoms with Crippen molar-refractivity contribution in [1.82, 2.24) is 20.9 Å². The van der Waals surface area contributed by atoms with E-state index in [4.69, 9.17) is 0 Å². The molecule has 1 saturated heterocycles. The molecule has 0 spiro atoms. The van der Waals surface area contributed by atoms with Crippen LogP contribution in [0.2, 0.25) is 0 Å². The number of ketones is 1. The van der Waals surface area contributed by atoms with E-state index in [1.54, 1.807) is 17.6 Å². The second-order valence-corrected chi connectivity index (χ2v) is 11.7. The maximum atomic E-state index is 14.0. The fourth-order valence-corrected chi connectivity index (χ4v) is 5.42. The van der Waals surface area contributed by atoms with Gasteiger partial charge in [-0.05, 0) is 62.3 Å². The number of carbonyl (C=O) groups is 4. The Morgan fingerprint density at radius 3 is 2.58 bits per heavy atom. The van der Waals surface area contributed by atoms with E-state index in [9.17, 15) is 24.3 Å². The molecule has 1 fully saturated rings. The van der Waals surface area contributed by atoms with Gasteiger partial charge in [0.25, 0.3) is 0 Å². The number of thiazole rings is 1. The number of unbranched alkanes of at least 4 members (excludes halogenated alkanes) is 2. The molecular weight excluding hydrogens is 504 g/mol. The van der Waals surface area contributed by atoms with Gasteiger partial charge >= 0.3 is 0 Å². The molecule has 0 radical (unpaired) electrons. The SMILES string of the molecule is Cc1ncsc1-c1ccc(C(NC(=O)C2CCCN2)C(=O)[C@@H](NC(=O)CCCCC=O)C(C)(C)C)cc1O. The molecule has 1 aliphatic rings. The molecule has 2 aromatic rings. The summed E-state index contributed by atoms with van der Waals surface area (Å²) in [6, 6.07) is 2.57. The van der Waals surface area contributed by atoms with Crippen molar-refractivity contribution < 1.29 is 24.3 Å². The number of nitrogens with zero attached hydrogens (tertiary/aromatic N) is 1. The largest absolute Gasteiger partial charge is 0.507 e. The third-order valence-corrected chi connectivity index (χ3v) is 7.69. The summed E-state index contributed by atoms with van der Waals surface area (Å²) in [6.45, 7) is 8.15. The van der Waals surface area contributed by atoms with Crippen LogP contribution in [0, 0.1) is 12.3 Å². The molecule has 10 heteroatoms. The number of benzene rings is 1. The number of phenolic OH excluding ortho intramolecular Hbond substituents is 1. The summed E-state index contributed by atoms with van der Waals surface area (Å²) in [5, 5.41) is 19.8. The molecular formula is C28H38N4O5S. The average molecular weight is 543 g/mol. The van der Waals surface area contributed by atoms with E-state index in [0.717, 1.165) is 29.8 Å². The van der Waals surface area contributed by atoms with Gasteiger partial charge in [0.15, 0.2) is 5.78 Å². The molecule has 0 saturated carbocycles. The number of hydrogen-bond acceptors (Lipinski definition) is 8. The quantitative estimate of drug-likeness (QED) is 0.238. The first kappa shape index (κ1) is 29.4. The van der Waals surface area contributed by atoms with Crippen LogP contribution in [0.3, 0.4) is 0 Å². The zero-order valence-corrected chi connectivity index (χ0v) is 23.3.